The summed E-state index contributed by atoms with van der Waals surface area (Å²) in [6.45, 7) is 0.507. The standard InChI is InChI=1S/C18H20O4/c1-20-15-7-8-16-14(12-21-17(16)10-15)9-18(19)22-11-13-5-3-2-4-6-13/h2-3,7-8,10,12-13H,4-6,9,11H2,1H3. The van der Waals surface area contributed by atoms with Crippen LogP contribution in [0.1, 0.15) is 24.8 Å². The minimum absolute atomic E-state index is 0.201. The lowest BCUT2D eigenvalue weighted by molar-refractivity contribution is -0.144. The molecule has 22 heavy (non-hydrogen) atoms. The van der Waals surface area contributed by atoms with Crippen molar-refractivity contribution in [3.8, 4) is 5.75 Å². The Morgan fingerprint density at radius 2 is 2.27 bits per heavy atom. The van der Waals surface area contributed by atoms with Crippen molar-refractivity contribution in [2.24, 2.45) is 5.92 Å². The molecule has 0 aliphatic heterocycles. The van der Waals surface area contributed by atoms with E-state index in [1.807, 2.05) is 18.2 Å². The molecule has 1 atom stereocenters. The molecule has 1 heterocycles. The topological polar surface area (TPSA) is 48.7 Å². The Bertz CT molecular complexity index is 683. The van der Waals surface area contributed by atoms with Crippen molar-refractivity contribution in [2.75, 3.05) is 13.7 Å². The molecule has 4 heteroatoms. The second kappa shape index (κ2) is 6.69. The number of ether oxygens (including phenoxy) is 2. The highest BCUT2D eigenvalue weighted by molar-refractivity contribution is 5.86. The van der Waals surface area contributed by atoms with Crippen LogP contribution in [0.4, 0.5) is 0 Å². The highest BCUT2D eigenvalue weighted by Gasteiger charge is 2.15. The van der Waals surface area contributed by atoms with Gasteiger partial charge in [-0.05, 0) is 37.3 Å². The molecule has 1 aliphatic carbocycles. The normalized spacial score (nSPS) is 17.6. The number of methoxy groups -OCH3 is 1. The van der Waals surface area contributed by atoms with Crippen molar-refractivity contribution in [3.63, 3.8) is 0 Å². The number of benzene rings is 1. The molecular weight excluding hydrogens is 280 g/mol. The van der Waals surface area contributed by atoms with Crippen molar-refractivity contribution in [3.05, 3.63) is 42.2 Å². The second-order valence-corrected chi connectivity index (χ2v) is 5.63. The van der Waals surface area contributed by atoms with E-state index in [2.05, 4.69) is 12.2 Å². The maximum Gasteiger partial charge on any atom is 0.310 e. The first-order valence-electron chi connectivity index (χ1n) is 7.61. The van der Waals surface area contributed by atoms with Gasteiger partial charge in [0.15, 0.2) is 0 Å². The molecule has 1 aliphatic rings. The van der Waals surface area contributed by atoms with Crippen molar-refractivity contribution < 1.29 is 18.7 Å². The van der Waals surface area contributed by atoms with Gasteiger partial charge in [0.25, 0.3) is 0 Å². The van der Waals surface area contributed by atoms with Crippen LogP contribution in [-0.4, -0.2) is 19.7 Å². The van der Waals surface area contributed by atoms with Gasteiger partial charge >= 0.3 is 5.97 Å². The third-order valence-electron chi connectivity index (χ3n) is 4.06. The molecule has 1 aromatic heterocycles. The number of hydrogen-bond acceptors (Lipinski definition) is 4. The van der Waals surface area contributed by atoms with Crippen LogP contribution in [0.3, 0.4) is 0 Å². The highest BCUT2D eigenvalue weighted by atomic mass is 16.5. The van der Waals surface area contributed by atoms with E-state index in [0.29, 0.717) is 12.5 Å². The van der Waals surface area contributed by atoms with Gasteiger partial charge in [-0.25, -0.2) is 0 Å². The van der Waals surface area contributed by atoms with Crippen LogP contribution in [0.25, 0.3) is 11.0 Å². The third-order valence-corrected chi connectivity index (χ3v) is 4.06. The van der Waals surface area contributed by atoms with Gasteiger partial charge in [0, 0.05) is 17.0 Å². The minimum atomic E-state index is -0.201. The Balaban J connectivity index is 1.60. The molecule has 3 rings (SSSR count). The van der Waals surface area contributed by atoms with E-state index in [0.717, 1.165) is 41.5 Å². The highest BCUT2D eigenvalue weighted by Crippen LogP contribution is 2.26. The molecule has 1 aromatic carbocycles. The minimum Gasteiger partial charge on any atom is -0.497 e. The first-order valence-corrected chi connectivity index (χ1v) is 7.61. The average molecular weight is 300 g/mol. The van der Waals surface area contributed by atoms with Gasteiger partial charge in [-0.1, -0.05) is 12.2 Å². The van der Waals surface area contributed by atoms with Crippen molar-refractivity contribution in [1.82, 2.24) is 0 Å². The molecule has 1 unspecified atom stereocenters. The number of fused-ring (bicyclic) bond motifs is 1. The van der Waals surface area contributed by atoms with Crippen LogP contribution in [0.5, 0.6) is 5.75 Å². The fourth-order valence-electron chi connectivity index (χ4n) is 2.75. The third kappa shape index (κ3) is 3.32. The van der Waals surface area contributed by atoms with Crippen LogP contribution >= 0.6 is 0 Å². The smallest absolute Gasteiger partial charge is 0.310 e. The molecular formula is C18H20O4. The van der Waals surface area contributed by atoms with Crippen molar-refractivity contribution in [1.29, 1.82) is 0 Å². The maximum absolute atomic E-state index is 12.0. The number of hydrogen-bond donors (Lipinski definition) is 0. The van der Waals surface area contributed by atoms with Gasteiger partial charge in [0.1, 0.15) is 11.3 Å². The van der Waals surface area contributed by atoms with Gasteiger partial charge in [0.05, 0.1) is 26.4 Å². The summed E-state index contributed by atoms with van der Waals surface area (Å²) >= 11 is 0. The Morgan fingerprint density at radius 3 is 3.05 bits per heavy atom. The Kier molecular flexibility index (Phi) is 4.47. The number of allylic oxidation sites excluding steroid dienone is 2. The summed E-state index contributed by atoms with van der Waals surface area (Å²) in [5.74, 6) is 0.994. The van der Waals surface area contributed by atoms with E-state index in [-0.39, 0.29) is 12.4 Å². The fraction of sp³-hybridized carbons (Fsp3) is 0.389. The first kappa shape index (κ1) is 14.7. The molecule has 0 amide bonds. The van der Waals surface area contributed by atoms with E-state index >= 15 is 0 Å². The van der Waals surface area contributed by atoms with Crippen LogP contribution in [0.2, 0.25) is 0 Å². The van der Waals surface area contributed by atoms with Crippen LogP contribution in [0, 0.1) is 5.92 Å². The molecule has 4 nitrogen and oxygen atoms in total. The van der Waals surface area contributed by atoms with E-state index < -0.39 is 0 Å². The predicted molar refractivity (Wildman–Crippen MR) is 83.9 cm³/mol. The molecule has 0 saturated carbocycles. The average Bonchev–Trinajstić information content (AvgIpc) is 2.96. The molecule has 116 valence electrons. The van der Waals surface area contributed by atoms with Crippen molar-refractivity contribution in [2.45, 2.75) is 25.7 Å². The van der Waals surface area contributed by atoms with Crippen molar-refractivity contribution >= 4 is 16.9 Å². The van der Waals surface area contributed by atoms with Crippen LogP contribution < -0.4 is 4.74 Å². The molecule has 0 spiro atoms. The summed E-state index contributed by atoms with van der Waals surface area (Å²) in [5.41, 5.74) is 1.57. The molecule has 0 radical (unpaired) electrons. The number of esters is 1. The Morgan fingerprint density at radius 1 is 1.36 bits per heavy atom. The van der Waals surface area contributed by atoms with Crippen LogP contribution in [-0.2, 0) is 16.0 Å². The quantitative estimate of drug-likeness (QED) is 0.621. The summed E-state index contributed by atoms with van der Waals surface area (Å²) in [5, 5.41) is 0.929. The van der Waals surface area contributed by atoms with Gasteiger partial charge in [-0.15, -0.1) is 0 Å². The molecule has 0 fully saturated rings. The Labute approximate surface area is 129 Å². The van der Waals surface area contributed by atoms with Gasteiger partial charge in [-0.3, -0.25) is 4.79 Å². The Hall–Kier alpha value is -2.23. The monoisotopic (exact) mass is 300 g/mol. The first-order chi connectivity index (χ1) is 10.8. The lowest BCUT2D eigenvalue weighted by Gasteiger charge is -2.17. The van der Waals surface area contributed by atoms with E-state index in [4.69, 9.17) is 13.9 Å². The summed E-state index contributed by atoms with van der Waals surface area (Å²) in [4.78, 5) is 12.0. The predicted octanol–water partition coefficient (Wildman–Crippen LogP) is 3.88. The SMILES string of the molecule is COc1ccc2c(CC(=O)OCC3CC=CCC3)coc2c1. The maximum atomic E-state index is 12.0. The zero-order valence-corrected chi connectivity index (χ0v) is 12.7. The number of carbonyl (C=O) groups is 1. The fourth-order valence-corrected chi connectivity index (χ4v) is 2.75. The summed E-state index contributed by atoms with van der Waals surface area (Å²) in [6, 6.07) is 5.59. The summed E-state index contributed by atoms with van der Waals surface area (Å²) in [6.07, 6.45) is 9.39. The van der Waals surface area contributed by atoms with E-state index in [1.165, 1.54) is 0 Å². The van der Waals surface area contributed by atoms with Gasteiger partial charge in [-0.2, -0.15) is 0 Å². The number of furan rings is 1. The zero-order valence-electron chi connectivity index (χ0n) is 12.7. The summed E-state index contributed by atoms with van der Waals surface area (Å²) in [7, 11) is 1.61. The number of carbonyl (C=O) groups excluding carboxylic acids is 1. The summed E-state index contributed by atoms with van der Waals surface area (Å²) < 4.78 is 16.1. The zero-order chi connectivity index (χ0) is 15.4. The van der Waals surface area contributed by atoms with E-state index in [1.54, 1.807) is 13.4 Å². The van der Waals surface area contributed by atoms with Crippen LogP contribution in [0.15, 0.2) is 41.0 Å². The molecule has 0 saturated heterocycles. The number of rotatable bonds is 5. The lowest BCUT2D eigenvalue weighted by atomic mass is 9.95. The second-order valence-electron chi connectivity index (χ2n) is 5.63. The van der Waals surface area contributed by atoms with E-state index in [9.17, 15) is 4.79 Å². The molecule has 0 bridgehead atoms. The molecule has 2 aromatic rings. The molecule has 0 N–H and O–H groups in total. The van der Waals surface area contributed by atoms with Gasteiger partial charge in [0.2, 0.25) is 0 Å². The van der Waals surface area contributed by atoms with Gasteiger partial charge < -0.3 is 13.9 Å². The lowest BCUT2D eigenvalue weighted by Crippen LogP contribution is -2.16. The largest absolute Gasteiger partial charge is 0.497 e.